The third-order valence-corrected chi connectivity index (χ3v) is 2.64. The van der Waals surface area contributed by atoms with Gasteiger partial charge in [-0.3, -0.25) is 19.7 Å². The van der Waals surface area contributed by atoms with Crippen molar-refractivity contribution in [3.8, 4) is 0 Å². The summed E-state index contributed by atoms with van der Waals surface area (Å²) >= 11 is 0. The van der Waals surface area contributed by atoms with E-state index in [9.17, 15) is 14.9 Å². The number of benzene rings is 1. The highest BCUT2D eigenvalue weighted by Gasteiger charge is 2.23. The topological polar surface area (TPSA) is 72.7 Å². The summed E-state index contributed by atoms with van der Waals surface area (Å²) in [5, 5.41) is 11.9. The van der Waals surface area contributed by atoms with Crippen LogP contribution in [-0.4, -0.2) is 29.0 Å². The van der Waals surface area contributed by atoms with Crippen LogP contribution in [0.25, 0.3) is 0 Å². The molecule has 0 N–H and O–H groups in total. The van der Waals surface area contributed by atoms with Gasteiger partial charge in [0.25, 0.3) is 11.6 Å². The number of carbonyl (C=O) groups is 1. The molecule has 0 bridgehead atoms. The van der Waals surface area contributed by atoms with Gasteiger partial charge in [0.1, 0.15) is 0 Å². The average Bonchev–Trinajstić information content (AvgIpc) is 2.81. The van der Waals surface area contributed by atoms with Gasteiger partial charge in [-0.05, 0) is 18.9 Å². The average molecular weight is 236 g/mol. The second-order valence-electron chi connectivity index (χ2n) is 3.85. The maximum atomic E-state index is 12.0. The number of aryl methyl sites for hydroxylation is 1. The highest BCUT2D eigenvalue weighted by Crippen LogP contribution is 2.20. The quantitative estimate of drug-likeness (QED) is 0.578. The van der Waals surface area contributed by atoms with E-state index in [4.69, 9.17) is 4.84 Å². The molecule has 1 amide bonds. The number of nitrogens with zero attached hydrogens (tertiary/aromatic N) is 2. The first-order valence-corrected chi connectivity index (χ1v) is 5.29. The summed E-state index contributed by atoms with van der Waals surface area (Å²) in [6, 6.07) is 4.25. The SMILES string of the molecule is Cc1ccc([N+](=O)[O-])cc1C(=O)N1CCCO1. The van der Waals surface area contributed by atoms with Gasteiger partial charge in [0.05, 0.1) is 23.6 Å². The smallest absolute Gasteiger partial charge is 0.271 e. The van der Waals surface area contributed by atoms with Crippen molar-refractivity contribution in [3.63, 3.8) is 0 Å². The van der Waals surface area contributed by atoms with Crippen molar-refractivity contribution in [2.45, 2.75) is 13.3 Å². The summed E-state index contributed by atoms with van der Waals surface area (Å²) in [4.78, 5) is 27.3. The first kappa shape index (κ1) is 11.5. The number of hydrogen-bond acceptors (Lipinski definition) is 4. The molecule has 6 nitrogen and oxygen atoms in total. The van der Waals surface area contributed by atoms with E-state index in [2.05, 4.69) is 0 Å². The number of carbonyl (C=O) groups excluding carboxylic acids is 1. The molecule has 1 aliphatic heterocycles. The Hall–Kier alpha value is -1.95. The molecule has 1 aliphatic rings. The van der Waals surface area contributed by atoms with Gasteiger partial charge in [-0.15, -0.1) is 0 Å². The monoisotopic (exact) mass is 236 g/mol. The van der Waals surface area contributed by atoms with Crippen molar-refractivity contribution in [2.75, 3.05) is 13.2 Å². The predicted molar refractivity (Wildman–Crippen MR) is 59.4 cm³/mol. The van der Waals surface area contributed by atoms with Gasteiger partial charge in [0.2, 0.25) is 0 Å². The van der Waals surface area contributed by atoms with Crippen LogP contribution in [0.1, 0.15) is 22.3 Å². The molecule has 0 saturated carbocycles. The molecule has 0 unspecified atom stereocenters. The van der Waals surface area contributed by atoms with E-state index in [1.807, 2.05) is 0 Å². The van der Waals surface area contributed by atoms with Crippen LogP contribution in [0.3, 0.4) is 0 Å². The highest BCUT2D eigenvalue weighted by molar-refractivity contribution is 5.95. The van der Waals surface area contributed by atoms with Crippen LogP contribution in [-0.2, 0) is 4.84 Å². The molecular formula is C11H12N2O4. The zero-order valence-electron chi connectivity index (χ0n) is 9.38. The van der Waals surface area contributed by atoms with E-state index in [1.165, 1.54) is 17.2 Å². The fourth-order valence-corrected chi connectivity index (χ4v) is 1.70. The van der Waals surface area contributed by atoms with Crippen LogP contribution >= 0.6 is 0 Å². The number of nitro benzene ring substituents is 1. The van der Waals surface area contributed by atoms with E-state index in [-0.39, 0.29) is 11.6 Å². The van der Waals surface area contributed by atoms with Crippen molar-refractivity contribution < 1.29 is 14.6 Å². The van der Waals surface area contributed by atoms with Crippen LogP contribution in [0.5, 0.6) is 0 Å². The summed E-state index contributed by atoms with van der Waals surface area (Å²) in [5.41, 5.74) is 0.940. The normalized spacial score (nSPS) is 15.0. The van der Waals surface area contributed by atoms with Crippen molar-refractivity contribution >= 4 is 11.6 Å². The molecule has 17 heavy (non-hydrogen) atoms. The van der Waals surface area contributed by atoms with Gasteiger partial charge in [-0.1, -0.05) is 6.07 Å². The number of non-ortho nitro benzene ring substituents is 1. The van der Waals surface area contributed by atoms with Crippen LogP contribution in [0, 0.1) is 17.0 Å². The summed E-state index contributed by atoms with van der Waals surface area (Å²) < 4.78 is 0. The molecule has 6 heteroatoms. The lowest BCUT2D eigenvalue weighted by Crippen LogP contribution is -2.27. The van der Waals surface area contributed by atoms with Crippen molar-refractivity contribution in [2.24, 2.45) is 0 Å². The molecule has 0 aromatic heterocycles. The second-order valence-corrected chi connectivity index (χ2v) is 3.85. The molecule has 1 heterocycles. The summed E-state index contributed by atoms with van der Waals surface area (Å²) in [6.45, 7) is 2.79. The van der Waals surface area contributed by atoms with E-state index < -0.39 is 4.92 Å². The Balaban J connectivity index is 2.32. The fourth-order valence-electron chi connectivity index (χ4n) is 1.70. The van der Waals surface area contributed by atoms with E-state index >= 15 is 0 Å². The molecule has 1 aromatic rings. The Kier molecular flexibility index (Phi) is 3.06. The molecule has 1 aromatic carbocycles. The predicted octanol–water partition coefficient (Wildman–Crippen LogP) is 1.68. The van der Waals surface area contributed by atoms with Crippen molar-refractivity contribution in [3.05, 3.63) is 39.4 Å². The number of hydroxylamine groups is 2. The van der Waals surface area contributed by atoms with Gasteiger partial charge in [0.15, 0.2) is 0 Å². The third-order valence-electron chi connectivity index (χ3n) is 2.64. The summed E-state index contributed by atoms with van der Waals surface area (Å²) in [5.74, 6) is -0.316. The summed E-state index contributed by atoms with van der Waals surface area (Å²) in [7, 11) is 0. The lowest BCUT2D eigenvalue weighted by atomic mass is 10.1. The molecular weight excluding hydrogens is 224 g/mol. The van der Waals surface area contributed by atoms with Gasteiger partial charge in [-0.25, -0.2) is 5.06 Å². The summed E-state index contributed by atoms with van der Waals surface area (Å²) in [6.07, 6.45) is 0.791. The van der Waals surface area contributed by atoms with Crippen LogP contribution in [0.2, 0.25) is 0 Å². The van der Waals surface area contributed by atoms with Crippen molar-refractivity contribution in [1.82, 2.24) is 5.06 Å². The fraction of sp³-hybridized carbons (Fsp3) is 0.364. The maximum absolute atomic E-state index is 12.0. The lowest BCUT2D eigenvalue weighted by molar-refractivity contribution is -0.384. The first-order valence-electron chi connectivity index (χ1n) is 5.29. The van der Waals surface area contributed by atoms with E-state index in [1.54, 1.807) is 13.0 Å². The third kappa shape index (κ3) is 2.26. The standard InChI is InChI=1S/C11H12N2O4/c1-8-3-4-9(13(15)16)7-10(8)11(14)12-5-2-6-17-12/h3-4,7H,2,5-6H2,1H3. The maximum Gasteiger partial charge on any atom is 0.277 e. The van der Waals surface area contributed by atoms with Gasteiger partial charge in [0, 0.05) is 12.1 Å². The minimum atomic E-state index is -0.513. The minimum Gasteiger partial charge on any atom is -0.271 e. The number of nitro groups is 1. The van der Waals surface area contributed by atoms with Crippen molar-refractivity contribution in [1.29, 1.82) is 0 Å². The highest BCUT2D eigenvalue weighted by atomic mass is 16.7. The second kappa shape index (κ2) is 4.50. The minimum absolute atomic E-state index is 0.0850. The molecule has 0 aliphatic carbocycles. The van der Waals surface area contributed by atoms with Crippen LogP contribution in [0.15, 0.2) is 18.2 Å². The number of rotatable bonds is 2. The van der Waals surface area contributed by atoms with E-state index in [0.29, 0.717) is 24.3 Å². The molecule has 0 radical (unpaired) electrons. The number of amides is 1. The zero-order chi connectivity index (χ0) is 12.4. The van der Waals surface area contributed by atoms with Gasteiger partial charge in [-0.2, -0.15) is 0 Å². The Bertz CT molecular complexity index is 467. The molecule has 0 spiro atoms. The van der Waals surface area contributed by atoms with Gasteiger partial charge < -0.3 is 0 Å². The largest absolute Gasteiger partial charge is 0.277 e. The van der Waals surface area contributed by atoms with Crippen LogP contribution in [0.4, 0.5) is 5.69 Å². The lowest BCUT2D eigenvalue weighted by Gasteiger charge is -2.14. The number of hydrogen-bond donors (Lipinski definition) is 0. The Labute approximate surface area is 97.9 Å². The molecule has 0 atom stereocenters. The van der Waals surface area contributed by atoms with E-state index in [0.717, 1.165) is 6.42 Å². The van der Waals surface area contributed by atoms with Gasteiger partial charge >= 0.3 is 0 Å². The molecule has 1 saturated heterocycles. The zero-order valence-corrected chi connectivity index (χ0v) is 9.38. The Morgan fingerprint density at radius 2 is 2.29 bits per heavy atom. The Morgan fingerprint density at radius 3 is 2.88 bits per heavy atom. The molecule has 2 rings (SSSR count). The van der Waals surface area contributed by atoms with Crippen LogP contribution < -0.4 is 0 Å². The first-order chi connectivity index (χ1) is 8.09. The molecule has 90 valence electrons. The molecule has 1 fully saturated rings. The Morgan fingerprint density at radius 1 is 1.53 bits per heavy atom.